The lowest BCUT2D eigenvalue weighted by molar-refractivity contribution is -0.131. The number of aliphatic hydroxyl groups is 3. The van der Waals surface area contributed by atoms with Gasteiger partial charge in [-0.1, -0.05) is 79.8 Å². The van der Waals surface area contributed by atoms with Gasteiger partial charge in [-0.2, -0.15) is 0 Å². The highest BCUT2D eigenvalue weighted by Crippen LogP contribution is 2.45. The number of aliphatic hydroxyl groups excluding tert-OH is 3. The zero-order chi connectivity index (χ0) is 23.1. The number of fused-ring (bicyclic) bond motifs is 2. The number of carbonyl (C=O) groups is 1. The molecule has 0 spiro atoms. The lowest BCUT2D eigenvalue weighted by atomic mass is 9.81. The topological polar surface area (TPSA) is 98.0 Å². The third-order valence-electron chi connectivity index (χ3n) is 6.36. The van der Waals surface area contributed by atoms with Crippen LogP contribution in [0.5, 0.6) is 0 Å². The van der Waals surface area contributed by atoms with Gasteiger partial charge in [0.05, 0.1) is 19.8 Å². The van der Waals surface area contributed by atoms with Crippen LogP contribution in [0.4, 0.5) is 0 Å². The largest absolute Gasteiger partial charge is 0.478 e. The Hall–Kier alpha value is -2.99. The van der Waals surface area contributed by atoms with Crippen LogP contribution in [0.2, 0.25) is 0 Å². The molecule has 0 amide bonds. The van der Waals surface area contributed by atoms with Crippen molar-refractivity contribution in [1.29, 1.82) is 0 Å². The minimum atomic E-state index is -0.893. The second-order valence-corrected chi connectivity index (χ2v) is 8.24. The SMILES string of the molecule is CCC(CO)(CO)CO.O=C(O)C=C(C1C=Cc2ccccc21)C1C=Cc2ccccc21. The molecule has 2 aliphatic carbocycles. The average molecular weight is 435 g/mol. The van der Waals surface area contributed by atoms with Crippen LogP contribution in [0.1, 0.15) is 47.4 Å². The van der Waals surface area contributed by atoms with E-state index < -0.39 is 11.4 Å². The fraction of sp³-hybridized carbons (Fsp3) is 0.296. The van der Waals surface area contributed by atoms with Crippen molar-refractivity contribution in [2.75, 3.05) is 19.8 Å². The van der Waals surface area contributed by atoms with Crippen LogP contribution in [0.3, 0.4) is 0 Å². The second kappa shape index (κ2) is 10.6. The second-order valence-electron chi connectivity index (χ2n) is 8.24. The van der Waals surface area contributed by atoms with E-state index >= 15 is 0 Å². The summed E-state index contributed by atoms with van der Waals surface area (Å²) in [7, 11) is 0. The van der Waals surface area contributed by atoms with Crippen molar-refractivity contribution < 1.29 is 25.2 Å². The number of carboxylic acid groups (broad SMARTS) is 1. The van der Waals surface area contributed by atoms with Crippen LogP contribution in [0.25, 0.3) is 12.2 Å². The first-order chi connectivity index (χ1) is 15.5. The molecule has 4 rings (SSSR count). The van der Waals surface area contributed by atoms with E-state index in [2.05, 4.69) is 48.6 Å². The zero-order valence-corrected chi connectivity index (χ0v) is 18.2. The van der Waals surface area contributed by atoms with Gasteiger partial charge in [0.1, 0.15) is 0 Å². The molecule has 5 heteroatoms. The molecule has 5 nitrogen and oxygen atoms in total. The summed E-state index contributed by atoms with van der Waals surface area (Å²) < 4.78 is 0. The van der Waals surface area contributed by atoms with Gasteiger partial charge >= 0.3 is 5.97 Å². The molecule has 32 heavy (non-hydrogen) atoms. The van der Waals surface area contributed by atoms with Crippen LogP contribution in [0, 0.1) is 5.41 Å². The predicted octanol–water partition coefficient (Wildman–Crippen LogP) is 3.98. The van der Waals surface area contributed by atoms with Crippen molar-refractivity contribution in [2.24, 2.45) is 5.41 Å². The van der Waals surface area contributed by atoms with Crippen LogP contribution in [-0.4, -0.2) is 46.2 Å². The van der Waals surface area contributed by atoms with E-state index in [-0.39, 0.29) is 31.7 Å². The summed E-state index contributed by atoms with van der Waals surface area (Å²) >= 11 is 0. The number of carboxylic acids is 1. The third kappa shape index (κ3) is 4.91. The lowest BCUT2D eigenvalue weighted by Crippen LogP contribution is -2.32. The number of rotatable bonds is 7. The zero-order valence-electron chi connectivity index (χ0n) is 18.2. The molecule has 2 aliphatic rings. The first-order valence-electron chi connectivity index (χ1n) is 10.8. The molecular weight excluding hydrogens is 404 g/mol. The van der Waals surface area contributed by atoms with E-state index in [4.69, 9.17) is 15.3 Å². The molecule has 0 radical (unpaired) electrons. The van der Waals surface area contributed by atoms with Gasteiger partial charge in [-0.3, -0.25) is 0 Å². The quantitative estimate of drug-likeness (QED) is 0.494. The fourth-order valence-electron chi connectivity index (χ4n) is 4.08. The molecular formula is C27H30O5. The Labute approximate surface area is 188 Å². The van der Waals surface area contributed by atoms with Crippen molar-refractivity contribution in [3.8, 4) is 0 Å². The summed E-state index contributed by atoms with van der Waals surface area (Å²) in [5.74, 6) is -0.859. The lowest BCUT2D eigenvalue weighted by Gasteiger charge is -2.24. The molecule has 4 N–H and O–H groups in total. The first-order valence-corrected chi connectivity index (χ1v) is 10.8. The minimum Gasteiger partial charge on any atom is -0.478 e. The maximum absolute atomic E-state index is 11.4. The Morgan fingerprint density at radius 3 is 1.62 bits per heavy atom. The highest BCUT2D eigenvalue weighted by atomic mass is 16.4. The molecule has 2 atom stereocenters. The van der Waals surface area contributed by atoms with Crippen molar-refractivity contribution in [1.82, 2.24) is 0 Å². The minimum absolute atomic E-state index is 0.0168. The monoisotopic (exact) mass is 434 g/mol. The summed E-state index contributed by atoms with van der Waals surface area (Å²) in [5, 5.41) is 35.3. The van der Waals surface area contributed by atoms with E-state index in [0.717, 1.165) is 5.57 Å². The smallest absolute Gasteiger partial charge is 0.328 e. The Kier molecular flexibility index (Phi) is 7.80. The molecule has 0 fully saturated rings. The Morgan fingerprint density at radius 1 is 0.844 bits per heavy atom. The van der Waals surface area contributed by atoms with Crippen LogP contribution < -0.4 is 0 Å². The van der Waals surface area contributed by atoms with Crippen LogP contribution in [0.15, 0.2) is 72.3 Å². The highest BCUT2D eigenvalue weighted by molar-refractivity contribution is 5.83. The van der Waals surface area contributed by atoms with E-state index in [0.29, 0.717) is 6.42 Å². The average Bonchev–Trinajstić information content (AvgIpc) is 3.44. The summed E-state index contributed by atoms with van der Waals surface area (Å²) in [6, 6.07) is 16.4. The van der Waals surface area contributed by atoms with E-state index in [9.17, 15) is 9.90 Å². The van der Waals surface area contributed by atoms with Gasteiger partial charge in [0.25, 0.3) is 0 Å². The maximum atomic E-state index is 11.4. The normalized spacial score (nSPS) is 17.9. The van der Waals surface area contributed by atoms with Gasteiger partial charge < -0.3 is 20.4 Å². The molecule has 0 saturated carbocycles. The number of hydrogen-bond donors (Lipinski definition) is 4. The molecule has 0 heterocycles. The van der Waals surface area contributed by atoms with Crippen molar-refractivity contribution >= 4 is 18.1 Å². The summed E-state index contributed by atoms with van der Waals surface area (Å²) in [5.41, 5.74) is 4.95. The maximum Gasteiger partial charge on any atom is 0.328 e. The standard InChI is InChI=1S/C21H16O2.C6H14O3/c22-21(23)13-20(18-11-9-14-5-1-3-7-16(14)18)19-12-10-15-6-2-4-8-17(15)19;1-2-6(3-7,4-8)5-9/h1-13,18-19H,(H,22,23);7-9H,2-5H2,1H3. The first kappa shape index (κ1) is 23.7. The summed E-state index contributed by atoms with van der Waals surface area (Å²) in [6.45, 7) is 1.35. The van der Waals surface area contributed by atoms with Gasteiger partial charge in [0, 0.05) is 23.3 Å². The fourth-order valence-corrected chi connectivity index (χ4v) is 4.08. The van der Waals surface area contributed by atoms with Gasteiger partial charge in [-0.25, -0.2) is 4.79 Å². The van der Waals surface area contributed by atoms with Crippen LogP contribution >= 0.6 is 0 Å². The number of benzene rings is 2. The molecule has 0 bridgehead atoms. The van der Waals surface area contributed by atoms with Crippen molar-refractivity contribution in [2.45, 2.75) is 25.2 Å². The van der Waals surface area contributed by atoms with Gasteiger partial charge in [0.2, 0.25) is 0 Å². The van der Waals surface area contributed by atoms with Crippen molar-refractivity contribution in [3.63, 3.8) is 0 Å². The third-order valence-corrected chi connectivity index (χ3v) is 6.36. The molecule has 0 saturated heterocycles. The van der Waals surface area contributed by atoms with E-state index in [1.165, 1.54) is 28.3 Å². The molecule has 2 unspecified atom stereocenters. The number of aliphatic carboxylic acids is 1. The van der Waals surface area contributed by atoms with Gasteiger partial charge in [0.15, 0.2) is 0 Å². The molecule has 168 valence electrons. The van der Waals surface area contributed by atoms with Gasteiger partial charge in [-0.05, 0) is 34.2 Å². The van der Waals surface area contributed by atoms with E-state index in [1.54, 1.807) is 0 Å². The molecule has 2 aromatic rings. The number of allylic oxidation sites excluding steroid dienone is 3. The molecule has 0 aromatic heterocycles. The summed E-state index contributed by atoms with van der Waals surface area (Å²) in [4.78, 5) is 11.4. The predicted molar refractivity (Wildman–Crippen MR) is 126 cm³/mol. The molecule has 2 aromatic carbocycles. The van der Waals surface area contributed by atoms with Crippen molar-refractivity contribution in [3.05, 3.63) is 94.6 Å². The van der Waals surface area contributed by atoms with Crippen LogP contribution in [-0.2, 0) is 4.79 Å². The number of hydrogen-bond acceptors (Lipinski definition) is 4. The summed E-state index contributed by atoms with van der Waals surface area (Å²) in [6.07, 6.45) is 10.4. The highest BCUT2D eigenvalue weighted by Gasteiger charge is 2.29. The Balaban J connectivity index is 0.000000275. The Bertz CT molecular complexity index is 949. The molecule has 0 aliphatic heterocycles. The van der Waals surface area contributed by atoms with E-state index in [1.807, 2.05) is 31.2 Å². The van der Waals surface area contributed by atoms with Gasteiger partial charge in [-0.15, -0.1) is 0 Å². The Morgan fingerprint density at radius 2 is 1.28 bits per heavy atom.